The van der Waals surface area contributed by atoms with Gasteiger partial charge in [-0.3, -0.25) is 4.79 Å². The Labute approximate surface area is 59.4 Å². The third-order valence-electron chi connectivity index (χ3n) is 1.73. The van der Waals surface area contributed by atoms with Crippen molar-refractivity contribution in [2.45, 2.75) is 25.9 Å². The Kier molecular flexibility index (Phi) is 2.04. The monoisotopic (exact) mass is 142 g/mol. The van der Waals surface area contributed by atoms with Gasteiger partial charge in [-0.25, -0.2) is 0 Å². The second-order valence-electron chi connectivity index (χ2n) is 2.61. The van der Waals surface area contributed by atoms with Crippen molar-refractivity contribution in [3.05, 3.63) is 0 Å². The van der Waals surface area contributed by atoms with Gasteiger partial charge in [0.15, 0.2) is 0 Å². The van der Waals surface area contributed by atoms with E-state index < -0.39 is 0 Å². The number of esters is 1. The van der Waals surface area contributed by atoms with Crippen LogP contribution < -0.4 is 0 Å². The summed E-state index contributed by atoms with van der Waals surface area (Å²) in [7, 11) is 0. The first kappa shape index (κ1) is 7.25. The molecular formula is C7H10O3. The Morgan fingerprint density at radius 3 is 2.90 bits per heavy atom. The molecule has 0 bridgehead atoms. The molecule has 0 amide bonds. The van der Waals surface area contributed by atoms with Crippen molar-refractivity contribution in [3.8, 4) is 0 Å². The summed E-state index contributed by atoms with van der Waals surface area (Å²) in [6.45, 7) is 1.92. The van der Waals surface area contributed by atoms with Gasteiger partial charge < -0.3 is 9.53 Å². The molecule has 0 saturated carbocycles. The maximum absolute atomic E-state index is 10.6. The average molecular weight is 142 g/mol. The van der Waals surface area contributed by atoms with Crippen molar-refractivity contribution >= 4 is 12.3 Å². The van der Waals surface area contributed by atoms with Crippen molar-refractivity contribution in [3.63, 3.8) is 0 Å². The van der Waals surface area contributed by atoms with E-state index in [0.29, 0.717) is 12.8 Å². The molecule has 0 aromatic carbocycles. The van der Waals surface area contributed by atoms with E-state index in [2.05, 4.69) is 0 Å². The zero-order valence-corrected chi connectivity index (χ0v) is 5.87. The minimum atomic E-state index is -0.181. The second kappa shape index (κ2) is 2.82. The SMILES string of the molecule is CC1CC(=O)OC1CC=O. The first-order chi connectivity index (χ1) is 4.74. The lowest BCUT2D eigenvalue weighted by molar-refractivity contribution is -0.141. The van der Waals surface area contributed by atoms with Crippen LogP contribution in [0.5, 0.6) is 0 Å². The van der Waals surface area contributed by atoms with E-state index in [1.165, 1.54) is 0 Å². The lowest BCUT2D eigenvalue weighted by atomic mass is 10.0. The van der Waals surface area contributed by atoms with Gasteiger partial charge >= 0.3 is 5.97 Å². The maximum Gasteiger partial charge on any atom is 0.306 e. The van der Waals surface area contributed by atoms with Crippen LogP contribution in [0.1, 0.15) is 19.8 Å². The number of aldehydes is 1. The van der Waals surface area contributed by atoms with Gasteiger partial charge in [-0.2, -0.15) is 0 Å². The number of hydrogen-bond acceptors (Lipinski definition) is 3. The molecule has 1 rings (SSSR count). The van der Waals surface area contributed by atoms with Crippen LogP contribution >= 0.6 is 0 Å². The number of rotatable bonds is 2. The molecule has 10 heavy (non-hydrogen) atoms. The fourth-order valence-electron chi connectivity index (χ4n) is 1.10. The Balaban J connectivity index is 2.45. The fraction of sp³-hybridized carbons (Fsp3) is 0.714. The minimum Gasteiger partial charge on any atom is -0.462 e. The van der Waals surface area contributed by atoms with Gasteiger partial charge in [-0.05, 0) is 0 Å². The van der Waals surface area contributed by atoms with Crippen molar-refractivity contribution < 1.29 is 14.3 Å². The van der Waals surface area contributed by atoms with Gasteiger partial charge in [0, 0.05) is 12.3 Å². The van der Waals surface area contributed by atoms with Crippen LogP contribution in [-0.2, 0) is 14.3 Å². The normalized spacial score (nSPS) is 31.9. The maximum atomic E-state index is 10.6. The first-order valence-electron chi connectivity index (χ1n) is 3.37. The zero-order chi connectivity index (χ0) is 7.56. The van der Waals surface area contributed by atoms with E-state index in [1.807, 2.05) is 6.92 Å². The van der Waals surface area contributed by atoms with Gasteiger partial charge in [0.25, 0.3) is 0 Å². The lowest BCUT2D eigenvalue weighted by Crippen LogP contribution is -2.13. The van der Waals surface area contributed by atoms with Gasteiger partial charge in [-0.1, -0.05) is 6.92 Å². The molecule has 56 valence electrons. The predicted molar refractivity (Wildman–Crippen MR) is 34.3 cm³/mol. The van der Waals surface area contributed by atoms with E-state index in [4.69, 9.17) is 4.74 Å². The van der Waals surface area contributed by atoms with Gasteiger partial charge in [-0.15, -0.1) is 0 Å². The molecule has 1 heterocycles. The van der Waals surface area contributed by atoms with Crippen molar-refractivity contribution in [2.75, 3.05) is 0 Å². The Hall–Kier alpha value is -0.860. The molecule has 0 spiro atoms. The summed E-state index contributed by atoms with van der Waals surface area (Å²) in [5, 5.41) is 0. The van der Waals surface area contributed by atoms with Crippen LogP contribution in [0.25, 0.3) is 0 Å². The van der Waals surface area contributed by atoms with Crippen LogP contribution in [0, 0.1) is 5.92 Å². The molecule has 0 N–H and O–H groups in total. The summed E-state index contributed by atoms with van der Waals surface area (Å²) in [5.41, 5.74) is 0. The summed E-state index contributed by atoms with van der Waals surface area (Å²) in [6, 6.07) is 0. The molecule has 2 unspecified atom stereocenters. The summed E-state index contributed by atoms with van der Waals surface area (Å²) in [6.07, 6.45) is 1.43. The van der Waals surface area contributed by atoms with E-state index >= 15 is 0 Å². The highest BCUT2D eigenvalue weighted by atomic mass is 16.5. The van der Waals surface area contributed by atoms with Crippen LogP contribution in [0.4, 0.5) is 0 Å². The summed E-state index contributed by atoms with van der Waals surface area (Å²) >= 11 is 0. The highest BCUT2D eigenvalue weighted by molar-refractivity contribution is 5.72. The smallest absolute Gasteiger partial charge is 0.306 e. The Bertz CT molecular complexity index is 153. The van der Waals surface area contributed by atoms with Gasteiger partial charge in [0.05, 0.1) is 6.42 Å². The zero-order valence-electron chi connectivity index (χ0n) is 5.87. The molecule has 3 nitrogen and oxygen atoms in total. The average Bonchev–Trinajstić information content (AvgIpc) is 2.13. The molecule has 2 atom stereocenters. The molecule has 1 aliphatic rings. The lowest BCUT2D eigenvalue weighted by Gasteiger charge is -2.08. The summed E-state index contributed by atoms with van der Waals surface area (Å²) in [4.78, 5) is 20.6. The Morgan fingerprint density at radius 1 is 1.80 bits per heavy atom. The molecule has 1 aliphatic heterocycles. The number of hydrogen-bond donors (Lipinski definition) is 0. The number of carbonyl (C=O) groups excluding carboxylic acids is 2. The molecule has 1 saturated heterocycles. The fourth-order valence-corrected chi connectivity index (χ4v) is 1.10. The third kappa shape index (κ3) is 1.35. The molecule has 0 aliphatic carbocycles. The van der Waals surface area contributed by atoms with Crippen LogP contribution in [0.3, 0.4) is 0 Å². The molecule has 1 fully saturated rings. The standard InChI is InChI=1S/C7H10O3/c1-5-4-7(9)10-6(5)2-3-8/h3,5-6H,2,4H2,1H3. The van der Waals surface area contributed by atoms with Gasteiger partial charge in [0.2, 0.25) is 0 Å². The van der Waals surface area contributed by atoms with E-state index in [0.717, 1.165) is 6.29 Å². The number of ether oxygens (including phenoxy) is 1. The summed E-state index contributed by atoms with van der Waals surface area (Å²) in [5.74, 6) is 0.0250. The highest BCUT2D eigenvalue weighted by Gasteiger charge is 2.30. The summed E-state index contributed by atoms with van der Waals surface area (Å²) < 4.78 is 4.84. The number of cyclic esters (lactones) is 1. The van der Waals surface area contributed by atoms with E-state index in [-0.39, 0.29) is 18.0 Å². The van der Waals surface area contributed by atoms with Crippen LogP contribution in [-0.4, -0.2) is 18.4 Å². The van der Waals surface area contributed by atoms with Gasteiger partial charge in [0.1, 0.15) is 12.4 Å². The van der Waals surface area contributed by atoms with Crippen LogP contribution in [0.2, 0.25) is 0 Å². The topological polar surface area (TPSA) is 43.4 Å². The predicted octanol–water partition coefficient (Wildman–Crippen LogP) is 0.527. The molecule has 3 heteroatoms. The molecular weight excluding hydrogens is 132 g/mol. The number of carbonyl (C=O) groups is 2. The molecule has 0 aromatic rings. The van der Waals surface area contributed by atoms with Crippen LogP contribution in [0.15, 0.2) is 0 Å². The largest absolute Gasteiger partial charge is 0.462 e. The van der Waals surface area contributed by atoms with E-state index in [9.17, 15) is 9.59 Å². The van der Waals surface area contributed by atoms with Crippen molar-refractivity contribution in [1.29, 1.82) is 0 Å². The first-order valence-corrected chi connectivity index (χ1v) is 3.37. The van der Waals surface area contributed by atoms with Crippen molar-refractivity contribution in [2.24, 2.45) is 5.92 Å². The Morgan fingerprint density at radius 2 is 2.50 bits per heavy atom. The third-order valence-corrected chi connectivity index (χ3v) is 1.73. The molecule has 0 radical (unpaired) electrons. The van der Waals surface area contributed by atoms with Crippen molar-refractivity contribution in [1.82, 2.24) is 0 Å². The quantitative estimate of drug-likeness (QED) is 0.417. The second-order valence-corrected chi connectivity index (χ2v) is 2.61. The minimum absolute atomic E-state index is 0.162. The molecule has 0 aromatic heterocycles. The highest BCUT2D eigenvalue weighted by Crippen LogP contribution is 2.22. The van der Waals surface area contributed by atoms with E-state index in [1.54, 1.807) is 0 Å².